The molecule has 2 atom stereocenters. The molecule has 0 aromatic carbocycles. The predicted octanol–water partition coefficient (Wildman–Crippen LogP) is 2.49. The van der Waals surface area contributed by atoms with E-state index in [1.165, 1.54) is 11.4 Å². The minimum atomic E-state index is -0.357. The SMILES string of the molecule is CC(=O)c1c(C2CC3CCC(C2)N3C(=O)C(N)=NC=N)nc2c(-c3cnc(-c4ccn(C)n4)c(C)c3)cnn2c1N. The minimum absolute atomic E-state index is 0.0693. The summed E-state index contributed by atoms with van der Waals surface area (Å²) >= 11 is 0. The van der Waals surface area contributed by atoms with Crippen LogP contribution in [0, 0.1) is 12.3 Å². The molecule has 13 heteroatoms. The number of carbonyl (C=O) groups excluding carboxylic acids is 2. The molecule has 4 aromatic heterocycles. The second-order valence-electron chi connectivity index (χ2n) is 10.8. The van der Waals surface area contributed by atoms with Crippen LogP contribution >= 0.6 is 0 Å². The van der Waals surface area contributed by atoms with E-state index in [2.05, 4.69) is 20.2 Å². The smallest absolute Gasteiger partial charge is 0.289 e. The van der Waals surface area contributed by atoms with Crippen molar-refractivity contribution in [2.24, 2.45) is 17.8 Å². The summed E-state index contributed by atoms with van der Waals surface area (Å²) in [6.07, 6.45) is 9.00. The molecule has 4 aromatic rings. The number of nitrogens with one attached hydrogen (secondary N) is 1. The maximum atomic E-state index is 13.0. The van der Waals surface area contributed by atoms with Crippen molar-refractivity contribution < 1.29 is 9.59 Å². The zero-order valence-electron chi connectivity index (χ0n) is 23.1. The fraction of sp³-hybridized carbons (Fsp3) is 0.357. The summed E-state index contributed by atoms with van der Waals surface area (Å²) in [7, 11) is 1.87. The molecule has 6 heterocycles. The van der Waals surface area contributed by atoms with E-state index in [4.69, 9.17) is 21.9 Å². The molecule has 0 saturated carbocycles. The molecule has 1 amide bonds. The molecule has 0 aliphatic carbocycles. The van der Waals surface area contributed by atoms with Crippen LogP contribution in [0.1, 0.15) is 60.1 Å². The van der Waals surface area contributed by atoms with Gasteiger partial charge in [0.2, 0.25) is 0 Å². The summed E-state index contributed by atoms with van der Waals surface area (Å²) in [5, 5.41) is 16.1. The number of nitrogens with two attached hydrogens (primary N) is 2. The Morgan fingerprint density at radius 3 is 2.54 bits per heavy atom. The third-order valence-electron chi connectivity index (χ3n) is 8.19. The number of pyridine rings is 1. The van der Waals surface area contributed by atoms with Crippen molar-refractivity contribution >= 4 is 35.3 Å². The van der Waals surface area contributed by atoms with Gasteiger partial charge in [-0.25, -0.2) is 9.98 Å². The van der Waals surface area contributed by atoms with Crippen LogP contribution in [-0.4, -0.2) is 70.2 Å². The van der Waals surface area contributed by atoms with Crippen molar-refractivity contribution in [3.63, 3.8) is 0 Å². The van der Waals surface area contributed by atoms with Crippen LogP contribution in [0.3, 0.4) is 0 Å². The zero-order chi connectivity index (χ0) is 29.0. The Labute approximate surface area is 235 Å². The molecule has 0 spiro atoms. The van der Waals surface area contributed by atoms with Gasteiger partial charge in [0.15, 0.2) is 17.3 Å². The molecule has 0 radical (unpaired) electrons. The largest absolute Gasteiger partial charge is 0.383 e. The minimum Gasteiger partial charge on any atom is -0.383 e. The van der Waals surface area contributed by atoms with Gasteiger partial charge in [-0.3, -0.25) is 24.7 Å². The first-order chi connectivity index (χ1) is 19.7. The van der Waals surface area contributed by atoms with Crippen molar-refractivity contribution in [1.82, 2.24) is 34.3 Å². The number of nitrogen functional groups attached to an aromatic ring is 1. The summed E-state index contributed by atoms with van der Waals surface area (Å²) in [5.41, 5.74) is 18.1. The fourth-order valence-electron chi connectivity index (χ4n) is 6.41. The topological polar surface area (TPSA) is 187 Å². The number of rotatable bonds is 5. The zero-order valence-corrected chi connectivity index (χ0v) is 23.1. The summed E-state index contributed by atoms with van der Waals surface area (Å²) in [5.74, 6) is -0.575. The first-order valence-electron chi connectivity index (χ1n) is 13.5. The number of piperidine rings is 1. The second kappa shape index (κ2) is 9.91. The number of amides is 1. The molecule has 2 saturated heterocycles. The molecule has 6 rings (SSSR count). The number of ketones is 1. The number of fused-ring (bicyclic) bond motifs is 3. The van der Waals surface area contributed by atoms with Crippen LogP contribution in [0.5, 0.6) is 0 Å². The van der Waals surface area contributed by atoms with Crippen molar-refractivity contribution in [2.75, 3.05) is 5.73 Å². The molecule has 41 heavy (non-hydrogen) atoms. The summed E-state index contributed by atoms with van der Waals surface area (Å²) in [4.78, 5) is 41.0. The number of anilines is 1. The van der Waals surface area contributed by atoms with Crippen molar-refractivity contribution in [1.29, 1.82) is 5.41 Å². The number of nitrogens with zero attached hydrogens (tertiary/aromatic N) is 8. The maximum Gasteiger partial charge on any atom is 0.289 e. The summed E-state index contributed by atoms with van der Waals surface area (Å²) in [6.45, 7) is 3.47. The lowest BCUT2D eigenvalue weighted by Gasteiger charge is -2.39. The van der Waals surface area contributed by atoms with E-state index < -0.39 is 0 Å². The molecule has 2 bridgehead atoms. The van der Waals surface area contributed by atoms with E-state index in [1.807, 2.05) is 32.3 Å². The van der Waals surface area contributed by atoms with Crippen LogP contribution in [0.4, 0.5) is 5.82 Å². The lowest BCUT2D eigenvalue weighted by Crippen LogP contribution is -2.50. The summed E-state index contributed by atoms with van der Waals surface area (Å²) in [6, 6.07) is 3.80. The van der Waals surface area contributed by atoms with E-state index in [0.29, 0.717) is 29.7 Å². The number of aliphatic imine (C=N–C) groups is 1. The Hall–Kier alpha value is -4.94. The van der Waals surface area contributed by atoms with Crippen LogP contribution in [-0.2, 0) is 11.8 Å². The second-order valence-corrected chi connectivity index (χ2v) is 10.8. The Bertz CT molecular complexity index is 1740. The predicted molar refractivity (Wildman–Crippen MR) is 154 cm³/mol. The molecule has 5 N–H and O–H groups in total. The van der Waals surface area contributed by atoms with Gasteiger partial charge >= 0.3 is 0 Å². The lowest BCUT2D eigenvalue weighted by atomic mass is 9.85. The number of hydrogen-bond acceptors (Lipinski definition) is 8. The molecule has 210 valence electrons. The molecule has 2 fully saturated rings. The van der Waals surface area contributed by atoms with Crippen molar-refractivity contribution in [3.8, 4) is 22.5 Å². The Kier molecular flexibility index (Phi) is 6.36. The van der Waals surface area contributed by atoms with Crippen LogP contribution in [0.2, 0.25) is 0 Å². The number of carbonyl (C=O) groups is 2. The van der Waals surface area contributed by atoms with E-state index >= 15 is 0 Å². The third kappa shape index (κ3) is 4.33. The van der Waals surface area contributed by atoms with Crippen molar-refractivity contribution in [2.45, 2.75) is 57.5 Å². The number of aromatic nitrogens is 6. The van der Waals surface area contributed by atoms with Crippen LogP contribution in [0.25, 0.3) is 28.2 Å². The van der Waals surface area contributed by atoms with Gasteiger partial charge in [-0.1, -0.05) is 0 Å². The first-order valence-corrected chi connectivity index (χ1v) is 13.5. The Morgan fingerprint density at radius 2 is 1.93 bits per heavy atom. The molecular weight excluding hydrogens is 522 g/mol. The van der Waals surface area contributed by atoms with Gasteiger partial charge < -0.3 is 16.4 Å². The highest BCUT2D eigenvalue weighted by Crippen LogP contribution is 2.44. The molecule has 2 aliphatic heterocycles. The van der Waals surface area contributed by atoms with Gasteiger partial charge in [0.05, 0.1) is 23.1 Å². The van der Waals surface area contributed by atoms with Gasteiger partial charge in [0.25, 0.3) is 5.91 Å². The molecule has 2 unspecified atom stereocenters. The van der Waals surface area contributed by atoms with Gasteiger partial charge in [-0.2, -0.15) is 14.7 Å². The highest BCUT2D eigenvalue weighted by atomic mass is 16.2. The van der Waals surface area contributed by atoms with Gasteiger partial charge in [-0.15, -0.1) is 0 Å². The van der Waals surface area contributed by atoms with Crippen molar-refractivity contribution in [3.05, 3.63) is 47.5 Å². The molecular formula is C28H31N11O2. The standard InChI is InChI=1S/C28H31N11O2/c1-14-8-17(11-32-23(14)21-6-7-37(3)36-21)20-12-34-39-26(31)22(15(2)40)24(35-27(20)39)16-9-18-4-5-19(10-16)38(18)28(41)25(30)33-13-29/h6-8,11-13,16,18-19H,4-5,9-10,31H2,1-3H3,(H3,29,30,33). The van der Waals surface area contributed by atoms with E-state index in [1.54, 1.807) is 22.0 Å². The van der Waals surface area contributed by atoms with E-state index in [0.717, 1.165) is 47.3 Å². The average molecular weight is 554 g/mol. The Morgan fingerprint density at radius 1 is 1.20 bits per heavy atom. The maximum absolute atomic E-state index is 13.0. The highest BCUT2D eigenvalue weighted by Gasteiger charge is 2.45. The van der Waals surface area contributed by atoms with Gasteiger partial charge in [-0.05, 0) is 57.2 Å². The number of aryl methyl sites for hydroxylation is 2. The quantitative estimate of drug-likeness (QED) is 0.191. The third-order valence-corrected chi connectivity index (χ3v) is 8.19. The normalized spacial score (nSPS) is 20.5. The van der Waals surface area contributed by atoms with E-state index in [-0.39, 0.29) is 41.3 Å². The van der Waals surface area contributed by atoms with Gasteiger partial charge in [0, 0.05) is 48.6 Å². The number of hydrogen-bond donors (Lipinski definition) is 3. The van der Waals surface area contributed by atoms with Crippen LogP contribution in [0.15, 0.2) is 35.7 Å². The Balaban J connectivity index is 1.40. The average Bonchev–Trinajstić information content (AvgIpc) is 3.63. The highest BCUT2D eigenvalue weighted by molar-refractivity contribution is 6.38. The summed E-state index contributed by atoms with van der Waals surface area (Å²) < 4.78 is 3.25. The number of amidine groups is 1. The van der Waals surface area contributed by atoms with Gasteiger partial charge in [0.1, 0.15) is 17.9 Å². The lowest BCUT2D eigenvalue weighted by molar-refractivity contribution is -0.128. The van der Waals surface area contributed by atoms with Crippen LogP contribution < -0.4 is 11.5 Å². The van der Waals surface area contributed by atoms with E-state index in [9.17, 15) is 9.59 Å². The number of Topliss-reactive ketones (excluding diaryl/α,β-unsaturated/α-hetero) is 1. The molecule has 13 nitrogen and oxygen atoms in total. The monoisotopic (exact) mass is 553 g/mol. The first kappa shape index (κ1) is 26.3. The molecule has 2 aliphatic rings. The fourth-order valence-corrected chi connectivity index (χ4v) is 6.41.